The molecule has 3 rings (SSSR count). The molecule has 5 heteroatoms. The second-order valence-corrected chi connectivity index (χ2v) is 6.84. The molecule has 3 nitrogen and oxygen atoms in total. The van der Waals surface area contributed by atoms with E-state index in [1.54, 1.807) is 18.2 Å². The molecular formula is C22H21Cl2NO2. The Bertz CT molecular complexity index is 839. The third kappa shape index (κ3) is 6.38. The molecule has 0 saturated heterocycles. The molecule has 3 aromatic rings. The van der Waals surface area contributed by atoms with Crippen LogP contribution in [0, 0.1) is 0 Å². The number of rotatable bonds is 9. The van der Waals surface area contributed by atoms with Crippen LogP contribution < -0.4 is 14.8 Å². The number of benzene rings is 3. The first-order chi connectivity index (χ1) is 13.2. The first-order valence-corrected chi connectivity index (χ1v) is 9.61. The van der Waals surface area contributed by atoms with Gasteiger partial charge in [0.2, 0.25) is 0 Å². The second-order valence-electron chi connectivity index (χ2n) is 6.00. The molecule has 0 aliphatic rings. The van der Waals surface area contributed by atoms with Gasteiger partial charge in [-0.05, 0) is 67.4 Å². The van der Waals surface area contributed by atoms with Crippen LogP contribution >= 0.6 is 23.2 Å². The largest absolute Gasteiger partial charge is 0.492 e. The Morgan fingerprint density at radius 1 is 0.778 bits per heavy atom. The highest BCUT2D eigenvalue weighted by Gasteiger charge is 2.02. The highest BCUT2D eigenvalue weighted by atomic mass is 35.5. The quantitative estimate of drug-likeness (QED) is 0.389. The van der Waals surface area contributed by atoms with E-state index in [0.29, 0.717) is 22.4 Å². The first-order valence-electron chi connectivity index (χ1n) is 8.85. The first kappa shape index (κ1) is 19.4. The van der Waals surface area contributed by atoms with Crippen molar-refractivity contribution in [1.82, 2.24) is 0 Å². The lowest BCUT2D eigenvalue weighted by molar-refractivity contribution is 0.308. The van der Waals surface area contributed by atoms with Gasteiger partial charge in [0, 0.05) is 17.3 Å². The number of hydrogen-bond acceptors (Lipinski definition) is 3. The molecule has 0 heterocycles. The van der Waals surface area contributed by atoms with Crippen LogP contribution in [0.3, 0.4) is 0 Å². The molecule has 0 fully saturated rings. The van der Waals surface area contributed by atoms with Gasteiger partial charge in [-0.1, -0.05) is 41.4 Å². The summed E-state index contributed by atoms with van der Waals surface area (Å²) in [7, 11) is 0. The molecule has 27 heavy (non-hydrogen) atoms. The molecule has 0 atom stereocenters. The van der Waals surface area contributed by atoms with E-state index >= 15 is 0 Å². The van der Waals surface area contributed by atoms with Crippen LogP contribution in [0.2, 0.25) is 10.0 Å². The predicted octanol–water partition coefficient (Wildman–Crippen LogP) is 7.06. The monoisotopic (exact) mass is 401 g/mol. The minimum atomic E-state index is 0.540. The van der Waals surface area contributed by atoms with Gasteiger partial charge in [-0.15, -0.1) is 0 Å². The molecule has 0 amide bonds. The summed E-state index contributed by atoms with van der Waals surface area (Å²) in [6.07, 6.45) is 1.93. The minimum absolute atomic E-state index is 0.540. The fourth-order valence-corrected chi connectivity index (χ4v) is 2.96. The van der Waals surface area contributed by atoms with Crippen LogP contribution in [0.5, 0.6) is 17.2 Å². The number of nitrogens with one attached hydrogen (secondary N) is 1. The molecule has 3 aromatic carbocycles. The lowest BCUT2D eigenvalue weighted by Gasteiger charge is -2.10. The number of halogens is 2. The summed E-state index contributed by atoms with van der Waals surface area (Å²) in [6, 6.07) is 23.0. The average Bonchev–Trinajstić information content (AvgIpc) is 2.68. The molecule has 1 N–H and O–H groups in total. The molecule has 0 unspecified atom stereocenters. The third-order valence-electron chi connectivity index (χ3n) is 3.88. The van der Waals surface area contributed by atoms with E-state index in [0.717, 1.165) is 36.6 Å². The average molecular weight is 402 g/mol. The molecule has 0 aliphatic carbocycles. The van der Waals surface area contributed by atoms with E-state index in [9.17, 15) is 0 Å². The van der Waals surface area contributed by atoms with Crippen LogP contribution in [0.25, 0.3) is 0 Å². The van der Waals surface area contributed by atoms with Crippen molar-refractivity contribution < 1.29 is 9.47 Å². The summed E-state index contributed by atoms with van der Waals surface area (Å²) in [5.41, 5.74) is 1.07. The highest BCUT2D eigenvalue weighted by Crippen LogP contribution is 2.27. The van der Waals surface area contributed by atoms with Crippen molar-refractivity contribution in [1.29, 1.82) is 0 Å². The van der Waals surface area contributed by atoms with Crippen LogP contribution in [0.4, 0.5) is 5.69 Å². The zero-order valence-electron chi connectivity index (χ0n) is 14.8. The zero-order valence-corrected chi connectivity index (χ0v) is 16.3. The van der Waals surface area contributed by atoms with Gasteiger partial charge in [0.25, 0.3) is 0 Å². The van der Waals surface area contributed by atoms with Crippen molar-refractivity contribution in [2.24, 2.45) is 0 Å². The van der Waals surface area contributed by atoms with Crippen molar-refractivity contribution >= 4 is 28.9 Å². The lowest BCUT2D eigenvalue weighted by Crippen LogP contribution is -2.05. The Hall–Kier alpha value is -2.36. The number of hydrogen-bond donors (Lipinski definition) is 1. The van der Waals surface area contributed by atoms with Crippen LogP contribution in [-0.2, 0) is 0 Å². The van der Waals surface area contributed by atoms with Gasteiger partial charge in [-0.3, -0.25) is 0 Å². The second kappa shape index (κ2) is 10.1. The Morgan fingerprint density at radius 3 is 2.26 bits per heavy atom. The van der Waals surface area contributed by atoms with Crippen molar-refractivity contribution in [3.8, 4) is 17.2 Å². The van der Waals surface area contributed by atoms with Crippen molar-refractivity contribution in [2.45, 2.75) is 12.8 Å². The van der Waals surface area contributed by atoms with Gasteiger partial charge in [0.05, 0.1) is 11.6 Å². The van der Waals surface area contributed by atoms with Gasteiger partial charge >= 0.3 is 0 Å². The van der Waals surface area contributed by atoms with Crippen LogP contribution in [0.15, 0.2) is 72.8 Å². The van der Waals surface area contributed by atoms with E-state index in [1.807, 2.05) is 54.6 Å². The maximum Gasteiger partial charge on any atom is 0.137 e. The number of ether oxygens (including phenoxy) is 2. The van der Waals surface area contributed by atoms with Crippen molar-refractivity contribution in [3.63, 3.8) is 0 Å². The molecule has 0 saturated carbocycles. The van der Waals surface area contributed by atoms with Crippen molar-refractivity contribution in [3.05, 3.63) is 82.8 Å². The molecule has 0 radical (unpaired) electrons. The fourth-order valence-electron chi connectivity index (χ4n) is 2.50. The summed E-state index contributed by atoms with van der Waals surface area (Å²) in [6.45, 7) is 1.49. The highest BCUT2D eigenvalue weighted by molar-refractivity contribution is 6.35. The van der Waals surface area contributed by atoms with E-state index < -0.39 is 0 Å². The Labute approximate surface area is 169 Å². The van der Waals surface area contributed by atoms with Crippen LogP contribution in [-0.4, -0.2) is 13.2 Å². The molecule has 0 spiro atoms. The van der Waals surface area contributed by atoms with E-state index in [4.69, 9.17) is 32.7 Å². The summed E-state index contributed by atoms with van der Waals surface area (Å²) in [5.74, 6) is 2.32. The van der Waals surface area contributed by atoms with Gasteiger partial charge < -0.3 is 14.8 Å². The maximum absolute atomic E-state index is 6.08. The Kier molecular flexibility index (Phi) is 7.26. The van der Waals surface area contributed by atoms with Crippen LogP contribution in [0.1, 0.15) is 12.8 Å². The lowest BCUT2D eigenvalue weighted by atomic mass is 10.2. The molecule has 140 valence electrons. The minimum Gasteiger partial charge on any atom is -0.492 e. The number of unbranched alkanes of at least 4 members (excludes halogenated alkanes) is 1. The molecular weight excluding hydrogens is 381 g/mol. The summed E-state index contributed by atoms with van der Waals surface area (Å²) >= 11 is 12.0. The maximum atomic E-state index is 6.08. The zero-order chi connectivity index (χ0) is 18.9. The van der Waals surface area contributed by atoms with Crippen molar-refractivity contribution in [2.75, 3.05) is 18.5 Å². The van der Waals surface area contributed by atoms with E-state index in [-0.39, 0.29) is 0 Å². The van der Waals surface area contributed by atoms with Gasteiger partial charge in [-0.25, -0.2) is 0 Å². The molecule has 0 bridgehead atoms. The third-order valence-corrected chi connectivity index (χ3v) is 4.42. The van der Waals surface area contributed by atoms with E-state index in [2.05, 4.69) is 5.32 Å². The molecule has 0 aliphatic heterocycles. The summed E-state index contributed by atoms with van der Waals surface area (Å²) < 4.78 is 11.5. The number of anilines is 1. The topological polar surface area (TPSA) is 30.5 Å². The Balaban J connectivity index is 1.34. The van der Waals surface area contributed by atoms with Gasteiger partial charge in [0.1, 0.15) is 17.2 Å². The predicted molar refractivity (Wildman–Crippen MR) is 113 cm³/mol. The molecule has 0 aromatic heterocycles. The smallest absolute Gasteiger partial charge is 0.137 e. The SMILES string of the molecule is Clc1ccc(OCCCCNc2ccc(Oc3ccccc3)cc2)c(Cl)c1. The van der Waals surface area contributed by atoms with Gasteiger partial charge in [-0.2, -0.15) is 0 Å². The standard InChI is InChI=1S/C22H21Cl2NO2/c23-17-8-13-22(21(24)16-17)26-15-5-4-14-25-18-9-11-20(12-10-18)27-19-6-2-1-3-7-19/h1-3,6-13,16,25H,4-5,14-15H2. The fraction of sp³-hybridized carbons (Fsp3) is 0.182. The number of para-hydroxylation sites is 1. The summed E-state index contributed by atoms with van der Waals surface area (Å²) in [5, 5.41) is 4.55. The normalized spacial score (nSPS) is 10.4. The summed E-state index contributed by atoms with van der Waals surface area (Å²) in [4.78, 5) is 0. The van der Waals surface area contributed by atoms with E-state index in [1.165, 1.54) is 0 Å². The van der Waals surface area contributed by atoms with Gasteiger partial charge in [0.15, 0.2) is 0 Å². The Morgan fingerprint density at radius 2 is 1.52 bits per heavy atom.